The fourth-order valence-electron chi connectivity index (χ4n) is 3.53. The molecule has 0 radical (unpaired) electrons. The van der Waals surface area contributed by atoms with Gasteiger partial charge in [0.2, 0.25) is 0 Å². The SMILES string of the molecule is Cc1ccccc1-c1cc(=O)c2cc(NC(=O)c3cc4cc(Br)ccc4o3)ccc2o1. The van der Waals surface area contributed by atoms with Gasteiger partial charge in [-0.1, -0.05) is 40.2 Å². The summed E-state index contributed by atoms with van der Waals surface area (Å²) in [5.74, 6) is 0.309. The highest BCUT2D eigenvalue weighted by molar-refractivity contribution is 9.10. The van der Waals surface area contributed by atoms with E-state index in [9.17, 15) is 9.59 Å². The number of fused-ring (bicyclic) bond motifs is 2. The Morgan fingerprint density at radius 2 is 1.71 bits per heavy atom. The Kier molecular flexibility index (Phi) is 4.71. The Morgan fingerprint density at radius 3 is 2.55 bits per heavy atom. The van der Waals surface area contributed by atoms with E-state index in [0.29, 0.717) is 28.0 Å². The summed E-state index contributed by atoms with van der Waals surface area (Å²) in [6, 6.07) is 21.4. The van der Waals surface area contributed by atoms with Crippen LogP contribution in [-0.4, -0.2) is 5.91 Å². The van der Waals surface area contributed by atoms with Crippen LogP contribution in [0.2, 0.25) is 0 Å². The van der Waals surface area contributed by atoms with Gasteiger partial charge in [-0.2, -0.15) is 0 Å². The molecule has 0 aliphatic rings. The van der Waals surface area contributed by atoms with Gasteiger partial charge in [-0.3, -0.25) is 9.59 Å². The third kappa shape index (κ3) is 3.66. The zero-order valence-electron chi connectivity index (χ0n) is 16.4. The summed E-state index contributed by atoms with van der Waals surface area (Å²) < 4.78 is 12.5. The van der Waals surface area contributed by atoms with Gasteiger partial charge in [-0.15, -0.1) is 0 Å². The molecule has 31 heavy (non-hydrogen) atoms. The van der Waals surface area contributed by atoms with Gasteiger partial charge in [0, 0.05) is 27.2 Å². The van der Waals surface area contributed by atoms with E-state index in [4.69, 9.17) is 8.83 Å². The molecule has 0 unspecified atom stereocenters. The van der Waals surface area contributed by atoms with Gasteiger partial charge in [-0.25, -0.2) is 0 Å². The number of hydrogen-bond donors (Lipinski definition) is 1. The molecule has 1 amide bonds. The van der Waals surface area contributed by atoms with Gasteiger partial charge in [-0.05, 0) is 55.0 Å². The monoisotopic (exact) mass is 473 g/mol. The number of amides is 1. The van der Waals surface area contributed by atoms with Crippen LogP contribution in [0.15, 0.2) is 90.9 Å². The maximum Gasteiger partial charge on any atom is 0.291 e. The molecule has 0 aliphatic heterocycles. The number of furan rings is 1. The second kappa shape index (κ2) is 7.56. The van der Waals surface area contributed by atoms with E-state index in [0.717, 1.165) is 21.0 Å². The number of carbonyl (C=O) groups is 1. The van der Waals surface area contributed by atoms with Crippen LogP contribution in [0, 0.1) is 6.92 Å². The summed E-state index contributed by atoms with van der Waals surface area (Å²) in [6.45, 7) is 1.97. The number of hydrogen-bond acceptors (Lipinski definition) is 4. The van der Waals surface area contributed by atoms with Crippen molar-refractivity contribution in [3.8, 4) is 11.3 Å². The molecule has 0 spiro atoms. The lowest BCUT2D eigenvalue weighted by Gasteiger charge is -2.08. The second-order valence-electron chi connectivity index (χ2n) is 7.25. The molecule has 2 aromatic heterocycles. The van der Waals surface area contributed by atoms with Gasteiger partial charge in [0.05, 0.1) is 5.39 Å². The molecule has 0 aliphatic carbocycles. The zero-order valence-corrected chi connectivity index (χ0v) is 18.0. The normalized spacial score (nSPS) is 11.2. The lowest BCUT2D eigenvalue weighted by molar-refractivity contribution is 0.0998. The summed E-state index contributed by atoms with van der Waals surface area (Å²) in [4.78, 5) is 25.4. The summed E-state index contributed by atoms with van der Waals surface area (Å²) in [5, 5.41) is 4.00. The smallest absolute Gasteiger partial charge is 0.291 e. The van der Waals surface area contributed by atoms with Gasteiger partial charge in [0.25, 0.3) is 5.91 Å². The van der Waals surface area contributed by atoms with Crippen molar-refractivity contribution < 1.29 is 13.6 Å². The maximum absolute atomic E-state index is 12.7. The molecule has 152 valence electrons. The molecule has 5 aromatic rings. The summed E-state index contributed by atoms with van der Waals surface area (Å²) in [5.41, 5.74) is 3.27. The molecule has 5 rings (SSSR count). The lowest BCUT2D eigenvalue weighted by Crippen LogP contribution is -2.11. The molecule has 2 heterocycles. The molecule has 6 heteroatoms. The predicted molar refractivity (Wildman–Crippen MR) is 125 cm³/mol. The van der Waals surface area contributed by atoms with Crippen LogP contribution in [0.5, 0.6) is 0 Å². The summed E-state index contributed by atoms with van der Waals surface area (Å²) in [6.07, 6.45) is 0. The number of aryl methyl sites for hydroxylation is 1. The van der Waals surface area contributed by atoms with Gasteiger partial charge >= 0.3 is 0 Å². The van der Waals surface area contributed by atoms with Crippen molar-refractivity contribution in [1.82, 2.24) is 0 Å². The van der Waals surface area contributed by atoms with Crippen molar-refractivity contribution in [2.75, 3.05) is 5.32 Å². The third-order valence-electron chi connectivity index (χ3n) is 5.10. The van der Waals surface area contributed by atoms with Crippen LogP contribution < -0.4 is 10.7 Å². The molecule has 5 nitrogen and oxygen atoms in total. The molecule has 0 saturated carbocycles. The predicted octanol–water partition coefficient (Wildman–Crippen LogP) is 6.53. The van der Waals surface area contributed by atoms with Crippen molar-refractivity contribution >= 4 is 49.5 Å². The highest BCUT2D eigenvalue weighted by Crippen LogP contribution is 2.27. The average Bonchev–Trinajstić information content (AvgIpc) is 3.18. The fourth-order valence-corrected chi connectivity index (χ4v) is 3.91. The molecule has 0 atom stereocenters. The highest BCUT2D eigenvalue weighted by Gasteiger charge is 2.14. The van der Waals surface area contributed by atoms with Crippen LogP contribution in [0.4, 0.5) is 5.69 Å². The minimum atomic E-state index is -0.396. The molecule has 3 aromatic carbocycles. The van der Waals surface area contributed by atoms with Gasteiger partial charge < -0.3 is 14.2 Å². The number of nitrogens with one attached hydrogen (secondary N) is 1. The Labute approximate surface area is 185 Å². The number of carbonyl (C=O) groups excluding carboxylic acids is 1. The van der Waals surface area contributed by atoms with Crippen LogP contribution in [0.1, 0.15) is 16.1 Å². The number of anilines is 1. The highest BCUT2D eigenvalue weighted by atomic mass is 79.9. The lowest BCUT2D eigenvalue weighted by atomic mass is 10.1. The van der Waals surface area contributed by atoms with Crippen LogP contribution >= 0.6 is 15.9 Å². The largest absolute Gasteiger partial charge is 0.456 e. The maximum atomic E-state index is 12.7. The summed E-state index contributed by atoms with van der Waals surface area (Å²) in [7, 11) is 0. The Morgan fingerprint density at radius 1 is 0.903 bits per heavy atom. The third-order valence-corrected chi connectivity index (χ3v) is 5.59. The first-order chi connectivity index (χ1) is 15.0. The minimum Gasteiger partial charge on any atom is -0.456 e. The first-order valence-electron chi connectivity index (χ1n) is 9.62. The molecule has 0 saturated heterocycles. The standard InChI is InChI=1S/C25H16BrNO4/c1-14-4-2-3-5-18(14)23-13-20(28)19-12-17(7-9-22(19)31-23)27-25(29)24-11-15-10-16(26)6-8-21(15)30-24/h2-13H,1H3,(H,27,29). The summed E-state index contributed by atoms with van der Waals surface area (Å²) >= 11 is 3.41. The van der Waals surface area contributed by atoms with E-state index in [1.54, 1.807) is 30.3 Å². The molecular formula is C25H16BrNO4. The van der Waals surface area contributed by atoms with E-state index < -0.39 is 5.91 Å². The fraction of sp³-hybridized carbons (Fsp3) is 0.0400. The first kappa shape index (κ1) is 19.3. The Bertz CT molecular complexity index is 1530. The van der Waals surface area contributed by atoms with E-state index in [1.165, 1.54) is 6.07 Å². The Balaban J connectivity index is 1.47. The second-order valence-corrected chi connectivity index (χ2v) is 8.16. The molecule has 0 fully saturated rings. The Hall–Kier alpha value is -3.64. The van der Waals surface area contributed by atoms with Crippen LogP contribution in [-0.2, 0) is 0 Å². The van der Waals surface area contributed by atoms with Crippen LogP contribution in [0.25, 0.3) is 33.3 Å². The van der Waals surface area contributed by atoms with Gasteiger partial charge in [0.1, 0.15) is 16.9 Å². The van der Waals surface area contributed by atoms with E-state index in [2.05, 4.69) is 21.2 Å². The van der Waals surface area contributed by atoms with Crippen molar-refractivity contribution in [2.45, 2.75) is 6.92 Å². The van der Waals surface area contributed by atoms with Gasteiger partial charge in [0.15, 0.2) is 11.2 Å². The molecule has 1 N–H and O–H groups in total. The van der Waals surface area contributed by atoms with E-state index in [1.807, 2.05) is 43.3 Å². The van der Waals surface area contributed by atoms with Crippen molar-refractivity contribution in [3.05, 3.63) is 98.8 Å². The quantitative estimate of drug-likeness (QED) is 0.323. The minimum absolute atomic E-state index is 0.177. The molecule has 0 bridgehead atoms. The van der Waals surface area contributed by atoms with Crippen molar-refractivity contribution in [3.63, 3.8) is 0 Å². The van der Waals surface area contributed by atoms with Crippen LogP contribution in [0.3, 0.4) is 0 Å². The van der Waals surface area contributed by atoms with Crippen molar-refractivity contribution in [1.29, 1.82) is 0 Å². The van der Waals surface area contributed by atoms with Crippen molar-refractivity contribution in [2.24, 2.45) is 0 Å². The number of benzene rings is 3. The number of rotatable bonds is 3. The van der Waals surface area contributed by atoms with E-state index in [-0.39, 0.29) is 11.2 Å². The van der Waals surface area contributed by atoms with E-state index >= 15 is 0 Å². The number of halogens is 1. The topological polar surface area (TPSA) is 72.5 Å². The molecular weight excluding hydrogens is 458 g/mol. The first-order valence-corrected chi connectivity index (χ1v) is 10.4. The zero-order chi connectivity index (χ0) is 21.5. The average molecular weight is 474 g/mol.